The molecule has 0 aliphatic carbocycles. The third kappa shape index (κ3) is 4.94. The van der Waals surface area contributed by atoms with Gasteiger partial charge in [-0.3, -0.25) is 19.7 Å². The van der Waals surface area contributed by atoms with Gasteiger partial charge in [0, 0.05) is 29.1 Å². The van der Waals surface area contributed by atoms with Gasteiger partial charge in [0.05, 0.1) is 15.5 Å². The Labute approximate surface area is 170 Å². The highest BCUT2D eigenvalue weighted by atomic mass is 35.5. The first-order chi connectivity index (χ1) is 13.8. The fourth-order valence-electron chi connectivity index (χ4n) is 2.51. The van der Waals surface area contributed by atoms with Crippen LogP contribution in [0.1, 0.15) is 26.4 Å². The number of nitrogens with one attached hydrogen (secondary N) is 2. The molecule has 29 heavy (non-hydrogen) atoms. The van der Waals surface area contributed by atoms with E-state index in [1.165, 1.54) is 36.4 Å². The van der Waals surface area contributed by atoms with Crippen LogP contribution in [0.5, 0.6) is 0 Å². The van der Waals surface area contributed by atoms with Gasteiger partial charge in [-0.15, -0.1) is 0 Å². The summed E-state index contributed by atoms with van der Waals surface area (Å²) in [6, 6.07) is 14.9. The predicted octanol–water partition coefficient (Wildman–Crippen LogP) is 4.46. The number of nitrogens with zero attached hydrogens (tertiary/aromatic N) is 2. The molecule has 0 bridgehead atoms. The van der Waals surface area contributed by atoms with Gasteiger partial charge >= 0.3 is 0 Å². The molecule has 3 rings (SSSR count). The van der Waals surface area contributed by atoms with Gasteiger partial charge in [0.1, 0.15) is 5.82 Å². The van der Waals surface area contributed by atoms with Crippen molar-refractivity contribution in [3.8, 4) is 0 Å². The molecule has 146 valence electrons. The van der Waals surface area contributed by atoms with Crippen molar-refractivity contribution in [3.05, 3.63) is 92.6 Å². The Kier molecular flexibility index (Phi) is 5.85. The number of pyridine rings is 1. The quantitative estimate of drug-likeness (QED) is 0.476. The van der Waals surface area contributed by atoms with E-state index in [1.807, 2.05) is 0 Å². The molecule has 0 aliphatic heterocycles. The Morgan fingerprint density at radius 2 is 1.72 bits per heavy atom. The largest absolute Gasteiger partial charge is 0.322 e. The summed E-state index contributed by atoms with van der Waals surface area (Å²) in [6.45, 7) is 1.80. The number of non-ortho nitro benzene ring substituents is 1. The summed E-state index contributed by atoms with van der Waals surface area (Å²) < 4.78 is 0. The minimum absolute atomic E-state index is 0.114. The second-order valence-electron chi connectivity index (χ2n) is 6.07. The molecule has 2 aromatic carbocycles. The third-order valence-corrected chi connectivity index (χ3v) is 4.27. The molecule has 0 unspecified atom stereocenters. The van der Waals surface area contributed by atoms with E-state index in [1.54, 1.807) is 31.2 Å². The van der Waals surface area contributed by atoms with E-state index < -0.39 is 16.7 Å². The van der Waals surface area contributed by atoms with E-state index >= 15 is 0 Å². The Balaban J connectivity index is 1.76. The van der Waals surface area contributed by atoms with Gasteiger partial charge in [-0.25, -0.2) is 4.98 Å². The summed E-state index contributed by atoms with van der Waals surface area (Å²) in [6.07, 6.45) is 0. The summed E-state index contributed by atoms with van der Waals surface area (Å²) >= 11 is 6.13. The monoisotopic (exact) mass is 410 g/mol. The van der Waals surface area contributed by atoms with Crippen LogP contribution in [-0.2, 0) is 0 Å². The summed E-state index contributed by atoms with van der Waals surface area (Å²) in [7, 11) is 0. The standard InChI is InChI=1S/C20H15ClN4O4/c1-12-3-2-4-18(22-12)24-20(27)16-11-14(7-10-17(16)21)23-19(26)13-5-8-15(9-6-13)25(28)29/h2-11H,1H3,(H,23,26)(H,22,24,27). The first-order valence-electron chi connectivity index (χ1n) is 8.44. The third-order valence-electron chi connectivity index (χ3n) is 3.94. The fourth-order valence-corrected chi connectivity index (χ4v) is 2.71. The maximum Gasteiger partial charge on any atom is 0.269 e. The Hall–Kier alpha value is -3.78. The second kappa shape index (κ2) is 8.49. The number of carbonyl (C=O) groups is 2. The van der Waals surface area contributed by atoms with Gasteiger partial charge in [-0.2, -0.15) is 0 Å². The Bertz CT molecular complexity index is 1100. The van der Waals surface area contributed by atoms with Gasteiger partial charge in [-0.05, 0) is 49.4 Å². The number of amides is 2. The SMILES string of the molecule is Cc1cccc(NC(=O)c2cc(NC(=O)c3ccc([N+](=O)[O-])cc3)ccc2Cl)n1. The van der Waals surface area contributed by atoms with Crippen LogP contribution in [0, 0.1) is 17.0 Å². The van der Waals surface area contributed by atoms with Crippen LogP contribution in [0.25, 0.3) is 0 Å². The summed E-state index contributed by atoms with van der Waals surface area (Å²) in [4.78, 5) is 39.3. The van der Waals surface area contributed by atoms with E-state index in [0.29, 0.717) is 11.5 Å². The highest BCUT2D eigenvalue weighted by Crippen LogP contribution is 2.22. The molecule has 9 heteroatoms. The normalized spacial score (nSPS) is 10.3. The number of benzene rings is 2. The van der Waals surface area contributed by atoms with Crippen LogP contribution >= 0.6 is 11.6 Å². The molecule has 8 nitrogen and oxygen atoms in total. The van der Waals surface area contributed by atoms with E-state index in [9.17, 15) is 19.7 Å². The summed E-state index contributed by atoms with van der Waals surface area (Å²) in [5.41, 5.74) is 1.38. The number of hydrogen-bond acceptors (Lipinski definition) is 5. The fraction of sp³-hybridized carbons (Fsp3) is 0.0500. The topological polar surface area (TPSA) is 114 Å². The van der Waals surface area contributed by atoms with Crippen molar-refractivity contribution in [2.75, 3.05) is 10.6 Å². The number of halogens is 1. The average Bonchev–Trinajstić information content (AvgIpc) is 2.69. The molecular formula is C20H15ClN4O4. The number of carbonyl (C=O) groups excluding carboxylic acids is 2. The van der Waals surface area contributed by atoms with Crippen molar-refractivity contribution in [1.82, 2.24) is 4.98 Å². The molecule has 2 N–H and O–H groups in total. The lowest BCUT2D eigenvalue weighted by atomic mass is 10.1. The lowest BCUT2D eigenvalue weighted by Gasteiger charge is -2.10. The van der Waals surface area contributed by atoms with E-state index in [0.717, 1.165) is 5.69 Å². The van der Waals surface area contributed by atoms with Crippen molar-refractivity contribution in [2.24, 2.45) is 0 Å². The van der Waals surface area contributed by atoms with Gasteiger partial charge in [0.25, 0.3) is 17.5 Å². The number of anilines is 2. The molecule has 1 aromatic heterocycles. The zero-order chi connectivity index (χ0) is 21.0. The van der Waals surface area contributed by atoms with Gasteiger partial charge in [0.2, 0.25) is 0 Å². The van der Waals surface area contributed by atoms with Crippen molar-refractivity contribution >= 4 is 40.6 Å². The van der Waals surface area contributed by atoms with E-state index in [4.69, 9.17) is 11.6 Å². The molecular weight excluding hydrogens is 396 g/mol. The molecule has 1 heterocycles. The average molecular weight is 411 g/mol. The minimum Gasteiger partial charge on any atom is -0.322 e. The van der Waals surface area contributed by atoms with Crippen molar-refractivity contribution in [2.45, 2.75) is 6.92 Å². The molecule has 3 aromatic rings. The number of aryl methyl sites for hydroxylation is 1. The van der Waals surface area contributed by atoms with Gasteiger partial charge in [0.15, 0.2) is 0 Å². The second-order valence-corrected chi connectivity index (χ2v) is 6.48. The zero-order valence-electron chi connectivity index (χ0n) is 15.2. The van der Waals surface area contributed by atoms with Crippen LogP contribution < -0.4 is 10.6 Å². The smallest absolute Gasteiger partial charge is 0.269 e. The van der Waals surface area contributed by atoms with Crippen molar-refractivity contribution < 1.29 is 14.5 Å². The van der Waals surface area contributed by atoms with Gasteiger partial charge < -0.3 is 10.6 Å². The van der Waals surface area contributed by atoms with Crippen molar-refractivity contribution in [3.63, 3.8) is 0 Å². The van der Waals surface area contributed by atoms with Gasteiger partial charge in [-0.1, -0.05) is 17.7 Å². The van der Waals surface area contributed by atoms with Crippen molar-refractivity contribution in [1.29, 1.82) is 0 Å². The lowest BCUT2D eigenvalue weighted by molar-refractivity contribution is -0.384. The van der Waals surface area contributed by atoms with Crippen LogP contribution in [0.15, 0.2) is 60.7 Å². The number of hydrogen-bond donors (Lipinski definition) is 2. The molecule has 0 aliphatic rings. The number of rotatable bonds is 5. The Morgan fingerprint density at radius 1 is 1.00 bits per heavy atom. The highest BCUT2D eigenvalue weighted by molar-refractivity contribution is 6.34. The molecule has 0 fully saturated rings. The molecule has 0 radical (unpaired) electrons. The molecule has 0 atom stereocenters. The van der Waals surface area contributed by atoms with Crippen LogP contribution in [0.3, 0.4) is 0 Å². The van der Waals surface area contributed by atoms with Crippen LogP contribution in [0.4, 0.5) is 17.2 Å². The maximum atomic E-state index is 12.5. The lowest BCUT2D eigenvalue weighted by Crippen LogP contribution is -2.16. The van der Waals surface area contributed by atoms with E-state index in [2.05, 4.69) is 15.6 Å². The maximum absolute atomic E-state index is 12.5. The zero-order valence-corrected chi connectivity index (χ0v) is 15.9. The first-order valence-corrected chi connectivity index (χ1v) is 8.81. The first kappa shape index (κ1) is 20.0. The predicted molar refractivity (Wildman–Crippen MR) is 109 cm³/mol. The summed E-state index contributed by atoms with van der Waals surface area (Å²) in [5.74, 6) is -0.570. The molecule has 0 saturated heterocycles. The number of nitro groups is 1. The molecule has 2 amide bonds. The Morgan fingerprint density at radius 3 is 2.38 bits per heavy atom. The van der Waals surface area contributed by atoms with Crippen LogP contribution in [-0.4, -0.2) is 21.7 Å². The van der Waals surface area contributed by atoms with E-state index in [-0.39, 0.29) is 21.8 Å². The highest BCUT2D eigenvalue weighted by Gasteiger charge is 2.15. The number of nitro benzene ring substituents is 1. The number of aromatic nitrogens is 1. The summed E-state index contributed by atoms with van der Waals surface area (Å²) in [5, 5.41) is 16.2. The molecule has 0 spiro atoms. The molecule has 0 saturated carbocycles. The van der Waals surface area contributed by atoms with Crippen LogP contribution in [0.2, 0.25) is 5.02 Å². The minimum atomic E-state index is -0.547.